The Kier molecular flexibility index (Phi) is 5.33. The second kappa shape index (κ2) is 7.22. The molecule has 5 nitrogen and oxygen atoms in total. The van der Waals surface area contributed by atoms with Crippen LogP contribution in [0.5, 0.6) is 0 Å². The smallest absolute Gasteiger partial charge is 0.328 e. The van der Waals surface area contributed by atoms with Crippen molar-refractivity contribution in [3.8, 4) is 0 Å². The van der Waals surface area contributed by atoms with Crippen molar-refractivity contribution in [3.05, 3.63) is 35.9 Å². The molecule has 2 atom stereocenters. The monoisotopic (exact) mass is 290 g/mol. The average molecular weight is 290 g/mol. The normalized spacial score (nSPS) is 20.7. The molecule has 1 amide bonds. The van der Waals surface area contributed by atoms with E-state index in [2.05, 4.69) is 0 Å². The maximum atomic E-state index is 12.4. The Morgan fingerprint density at radius 3 is 2.67 bits per heavy atom. The van der Waals surface area contributed by atoms with E-state index in [1.807, 2.05) is 35.2 Å². The van der Waals surface area contributed by atoms with Crippen LogP contribution >= 0.6 is 0 Å². The van der Waals surface area contributed by atoms with Crippen molar-refractivity contribution in [3.63, 3.8) is 0 Å². The van der Waals surface area contributed by atoms with Crippen molar-refractivity contribution >= 4 is 11.9 Å². The molecule has 1 aromatic carbocycles. The fourth-order valence-electron chi connectivity index (χ4n) is 2.89. The average Bonchev–Trinajstić information content (AvgIpc) is 2.49. The minimum Gasteiger partial charge on any atom is -0.465 e. The van der Waals surface area contributed by atoms with Crippen LogP contribution in [0.3, 0.4) is 0 Å². The summed E-state index contributed by atoms with van der Waals surface area (Å²) in [5, 5.41) is 0. The van der Waals surface area contributed by atoms with Gasteiger partial charge in [-0.15, -0.1) is 0 Å². The van der Waals surface area contributed by atoms with E-state index in [9.17, 15) is 9.59 Å². The molecule has 0 bridgehead atoms. The highest BCUT2D eigenvalue weighted by molar-refractivity contribution is 5.83. The molecule has 21 heavy (non-hydrogen) atoms. The van der Waals surface area contributed by atoms with Crippen LogP contribution < -0.4 is 5.73 Å². The molecule has 0 aliphatic carbocycles. The molecule has 0 aromatic heterocycles. The number of amides is 1. The summed E-state index contributed by atoms with van der Waals surface area (Å²) >= 11 is 0. The van der Waals surface area contributed by atoms with Crippen LogP contribution in [0.25, 0.3) is 0 Å². The largest absolute Gasteiger partial charge is 0.465 e. The molecule has 1 saturated heterocycles. The van der Waals surface area contributed by atoms with Gasteiger partial charge in [0.05, 0.1) is 12.6 Å². The zero-order chi connectivity index (χ0) is 15.2. The molecule has 1 aliphatic heterocycles. The van der Waals surface area contributed by atoms with E-state index in [-0.39, 0.29) is 11.9 Å². The molecule has 2 rings (SSSR count). The number of nitrogens with two attached hydrogens (primary N) is 1. The lowest BCUT2D eigenvalue weighted by Crippen LogP contribution is -2.51. The van der Waals surface area contributed by atoms with Crippen LogP contribution in [0.2, 0.25) is 0 Å². The third-order valence-electron chi connectivity index (χ3n) is 3.83. The summed E-state index contributed by atoms with van der Waals surface area (Å²) < 4.78 is 5.21. The minimum absolute atomic E-state index is 0.317. The van der Waals surface area contributed by atoms with E-state index >= 15 is 0 Å². The van der Waals surface area contributed by atoms with E-state index in [4.69, 9.17) is 10.5 Å². The fourth-order valence-corrected chi connectivity index (χ4v) is 2.89. The van der Waals surface area contributed by atoms with Crippen molar-refractivity contribution in [2.24, 2.45) is 5.73 Å². The Bertz CT molecular complexity index is 490. The summed E-state index contributed by atoms with van der Waals surface area (Å²) in [5.74, 6) is -0.697. The lowest BCUT2D eigenvalue weighted by atomic mass is 9.96. The number of piperidine rings is 1. The van der Waals surface area contributed by atoms with E-state index in [1.165, 1.54) is 0 Å². The lowest BCUT2D eigenvalue weighted by molar-refractivity contribution is -0.152. The number of esters is 1. The van der Waals surface area contributed by atoms with Gasteiger partial charge in [0.2, 0.25) is 5.91 Å². The van der Waals surface area contributed by atoms with E-state index < -0.39 is 12.1 Å². The van der Waals surface area contributed by atoms with Crippen LogP contribution in [-0.2, 0) is 14.3 Å². The number of hydrogen-bond donors (Lipinski definition) is 1. The van der Waals surface area contributed by atoms with E-state index in [0.717, 1.165) is 18.4 Å². The van der Waals surface area contributed by atoms with Crippen molar-refractivity contribution < 1.29 is 14.3 Å². The van der Waals surface area contributed by atoms with Gasteiger partial charge in [0.25, 0.3) is 0 Å². The minimum atomic E-state index is -0.566. The van der Waals surface area contributed by atoms with Crippen LogP contribution in [0.4, 0.5) is 0 Å². The predicted molar refractivity (Wildman–Crippen MR) is 79.4 cm³/mol. The molecule has 0 saturated carbocycles. The van der Waals surface area contributed by atoms with Gasteiger partial charge in [0, 0.05) is 6.54 Å². The first-order valence-electron chi connectivity index (χ1n) is 7.41. The summed E-state index contributed by atoms with van der Waals surface area (Å²) in [6.07, 6.45) is 2.60. The molecule has 2 N–H and O–H groups in total. The van der Waals surface area contributed by atoms with Gasteiger partial charge in [0.15, 0.2) is 0 Å². The summed E-state index contributed by atoms with van der Waals surface area (Å²) in [5.41, 5.74) is 6.35. The number of ether oxygens (including phenoxy) is 1. The van der Waals surface area contributed by atoms with Crippen LogP contribution in [0.1, 0.15) is 37.8 Å². The SMILES string of the molecule is CCOC(=O)C(c1ccccc1)N1CCCCC1C(N)=O. The number of hydrogen-bond acceptors (Lipinski definition) is 4. The van der Waals surface area contributed by atoms with Gasteiger partial charge in [0.1, 0.15) is 6.04 Å². The summed E-state index contributed by atoms with van der Waals surface area (Å²) in [4.78, 5) is 26.0. The van der Waals surface area contributed by atoms with Crippen LogP contribution in [-0.4, -0.2) is 36.0 Å². The predicted octanol–water partition coefficient (Wildman–Crippen LogP) is 1.63. The van der Waals surface area contributed by atoms with Crippen molar-refractivity contribution in [1.29, 1.82) is 0 Å². The first-order chi connectivity index (χ1) is 10.1. The number of nitrogens with zero attached hydrogens (tertiary/aromatic N) is 1. The lowest BCUT2D eigenvalue weighted by Gasteiger charge is -2.38. The van der Waals surface area contributed by atoms with Gasteiger partial charge in [-0.2, -0.15) is 0 Å². The van der Waals surface area contributed by atoms with Gasteiger partial charge in [-0.3, -0.25) is 9.69 Å². The Labute approximate surface area is 125 Å². The Morgan fingerprint density at radius 2 is 2.05 bits per heavy atom. The maximum Gasteiger partial charge on any atom is 0.328 e. The zero-order valence-electron chi connectivity index (χ0n) is 12.3. The standard InChI is InChI=1S/C16H22N2O3/c1-2-21-16(20)14(12-8-4-3-5-9-12)18-11-7-6-10-13(18)15(17)19/h3-5,8-9,13-14H,2,6-7,10-11H2,1H3,(H2,17,19). The zero-order valence-corrected chi connectivity index (χ0v) is 12.3. The molecular formula is C16H22N2O3. The maximum absolute atomic E-state index is 12.4. The van der Waals surface area contributed by atoms with Gasteiger partial charge in [-0.1, -0.05) is 36.8 Å². The second-order valence-corrected chi connectivity index (χ2v) is 5.22. The Hall–Kier alpha value is -1.88. The van der Waals surface area contributed by atoms with Crippen LogP contribution in [0, 0.1) is 0 Å². The number of benzene rings is 1. The molecule has 1 aromatic rings. The molecule has 1 fully saturated rings. The third-order valence-corrected chi connectivity index (χ3v) is 3.83. The number of carbonyl (C=O) groups excluding carboxylic acids is 2. The fraction of sp³-hybridized carbons (Fsp3) is 0.500. The second-order valence-electron chi connectivity index (χ2n) is 5.22. The molecule has 0 radical (unpaired) electrons. The molecular weight excluding hydrogens is 268 g/mol. The first kappa shape index (κ1) is 15.5. The Balaban J connectivity index is 2.33. The summed E-state index contributed by atoms with van der Waals surface area (Å²) in [7, 11) is 0. The van der Waals surface area contributed by atoms with Gasteiger partial charge >= 0.3 is 5.97 Å². The molecule has 0 spiro atoms. The number of likely N-dealkylation sites (tertiary alicyclic amines) is 1. The van der Waals surface area contributed by atoms with E-state index in [0.29, 0.717) is 19.6 Å². The molecule has 114 valence electrons. The topological polar surface area (TPSA) is 72.6 Å². The van der Waals surface area contributed by atoms with Crippen molar-refractivity contribution in [1.82, 2.24) is 4.90 Å². The molecule has 1 heterocycles. The number of carbonyl (C=O) groups is 2. The number of primary amides is 1. The van der Waals surface area contributed by atoms with Gasteiger partial charge in [-0.25, -0.2) is 4.79 Å². The highest BCUT2D eigenvalue weighted by Gasteiger charge is 2.37. The van der Waals surface area contributed by atoms with Crippen molar-refractivity contribution in [2.45, 2.75) is 38.3 Å². The quantitative estimate of drug-likeness (QED) is 0.837. The molecule has 1 aliphatic rings. The van der Waals surface area contributed by atoms with Gasteiger partial charge < -0.3 is 10.5 Å². The van der Waals surface area contributed by atoms with E-state index in [1.54, 1.807) is 6.92 Å². The highest BCUT2D eigenvalue weighted by atomic mass is 16.5. The van der Waals surface area contributed by atoms with Crippen LogP contribution in [0.15, 0.2) is 30.3 Å². The van der Waals surface area contributed by atoms with Crippen molar-refractivity contribution in [2.75, 3.05) is 13.2 Å². The third kappa shape index (κ3) is 3.61. The number of rotatable bonds is 5. The molecule has 5 heteroatoms. The molecule has 2 unspecified atom stereocenters. The first-order valence-corrected chi connectivity index (χ1v) is 7.41. The summed E-state index contributed by atoms with van der Waals surface area (Å²) in [6, 6.07) is 8.45. The summed E-state index contributed by atoms with van der Waals surface area (Å²) in [6.45, 7) is 2.77. The van der Waals surface area contributed by atoms with Gasteiger partial charge in [-0.05, 0) is 25.3 Å². The highest BCUT2D eigenvalue weighted by Crippen LogP contribution is 2.29. The Morgan fingerprint density at radius 1 is 1.33 bits per heavy atom.